The Morgan fingerprint density at radius 2 is 1.96 bits per heavy atom. The average Bonchev–Trinajstić information content (AvgIpc) is 3.28. The molecule has 0 saturated carbocycles. The van der Waals surface area contributed by atoms with Crippen LogP contribution in [-0.4, -0.2) is 12.9 Å². The van der Waals surface area contributed by atoms with Gasteiger partial charge in [0.2, 0.25) is 0 Å². The van der Waals surface area contributed by atoms with E-state index in [9.17, 15) is 4.79 Å². The maximum Gasteiger partial charge on any atom is 2.00 e. The third-order valence-electron chi connectivity index (χ3n) is 3.11. The fourth-order valence-corrected chi connectivity index (χ4v) is 1.89. The Labute approximate surface area is 148 Å². The van der Waals surface area contributed by atoms with Gasteiger partial charge in [0.05, 0.1) is 7.11 Å². The maximum absolute atomic E-state index is 11.7. The van der Waals surface area contributed by atoms with Crippen molar-refractivity contribution in [2.45, 2.75) is 12.8 Å². The molecule has 0 bridgehead atoms. The first-order valence-electron chi connectivity index (χ1n) is 7.14. The molecule has 0 radical (unpaired) electrons. The minimum absolute atomic E-state index is 0. The van der Waals surface area contributed by atoms with Gasteiger partial charge in [0.25, 0.3) is 0 Å². The van der Waals surface area contributed by atoms with Crippen molar-refractivity contribution in [3.05, 3.63) is 84.0 Å². The normalized spacial score (nSPS) is 14.2. The van der Waals surface area contributed by atoms with Crippen LogP contribution in [0, 0.1) is 12.2 Å². The summed E-state index contributed by atoms with van der Waals surface area (Å²) in [5.74, 6) is 0.829. The Morgan fingerprint density at radius 1 is 1.17 bits per heavy atom. The van der Waals surface area contributed by atoms with Gasteiger partial charge in [-0.3, -0.25) is 12.2 Å². The standard InChI is InChI=1S/C15H13O2.C5H5.Fe/c1-17-14-9-6-12(7-10-14)8-11-15(16)13-4-2-3-5-13;1-2-4-5-3-1;/h4-11H,2H2,1H3;1-3H,4H2;/q2*-1;+2/b11-8+;;. The summed E-state index contributed by atoms with van der Waals surface area (Å²) in [6.45, 7) is 0. The van der Waals surface area contributed by atoms with Crippen LogP contribution >= 0.6 is 0 Å². The molecule has 2 nitrogen and oxygen atoms in total. The zero-order valence-corrected chi connectivity index (χ0v) is 14.0. The summed E-state index contributed by atoms with van der Waals surface area (Å²) in [4.78, 5) is 11.7. The van der Waals surface area contributed by atoms with E-state index >= 15 is 0 Å². The van der Waals surface area contributed by atoms with Crippen molar-refractivity contribution in [3.8, 4) is 5.75 Å². The summed E-state index contributed by atoms with van der Waals surface area (Å²) < 4.78 is 5.06. The van der Waals surface area contributed by atoms with E-state index in [-0.39, 0.29) is 22.9 Å². The molecule has 0 unspecified atom stereocenters. The minimum Gasteiger partial charge on any atom is -0.497 e. The predicted octanol–water partition coefficient (Wildman–Crippen LogP) is 4.27. The quantitative estimate of drug-likeness (QED) is 0.462. The van der Waals surface area contributed by atoms with Crippen LogP contribution < -0.4 is 4.74 Å². The first-order chi connectivity index (χ1) is 10.8. The summed E-state index contributed by atoms with van der Waals surface area (Å²) in [6, 6.07) is 7.56. The van der Waals surface area contributed by atoms with Crippen molar-refractivity contribution in [2.75, 3.05) is 7.11 Å². The summed E-state index contributed by atoms with van der Waals surface area (Å²) in [6.07, 6.45) is 20.7. The van der Waals surface area contributed by atoms with Crippen LogP contribution in [0.1, 0.15) is 18.4 Å². The van der Waals surface area contributed by atoms with Crippen molar-refractivity contribution >= 4 is 11.9 Å². The smallest absolute Gasteiger partial charge is 0.497 e. The zero-order valence-electron chi connectivity index (χ0n) is 12.9. The van der Waals surface area contributed by atoms with E-state index in [1.165, 1.54) is 0 Å². The second kappa shape index (κ2) is 10.6. The van der Waals surface area contributed by atoms with Gasteiger partial charge in [-0.25, -0.2) is 18.2 Å². The molecule has 0 fully saturated rings. The van der Waals surface area contributed by atoms with Gasteiger partial charge in [-0.05, 0) is 23.8 Å². The molecule has 0 atom stereocenters. The molecule has 23 heavy (non-hydrogen) atoms. The number of rotatable bonds is 4. The molecule has 0 heterocycles. The van der Waals surface area contributed by atoms with Crippen LogP contribution in [0.25, 0.3) is 6.08 Å². The second-order valence-corrected chi connectivity index (χ2v) is 4.69. The fourth-order valence-electron chi connectivity index (χ4n) is 1.89. The number of carbonyl (C=O) groups excluding carboxylic acids is 1. The number of benzene rings is 1. The van der Waals surface area contributed by atoms with Crippen LogP contribution in [0.5, 0.6) is 5.75 Å². The van der Waals surface area contributed by atoms with Crippen LogP contribution in [-0.2, 0) is 21.9 Å². The number of hydrogen-bond donors (Lipinski definition) is 0. The van der Waals surface area contributed by atoms with Crippen LogP contribution in [0.2, 0.25) is 0 Å². The van der Waals surface area contributed by atoms with Gasteiger partial charge in [0, 0.05) is 0 Å². The van der Waals surface area contributed by atoms with E-state index in [2.05, 4.69) is 18.2 Å². The number of ketones is 1. The molecule has 0 aromatic heterocycles. The predicted molar refractivity (Wildman–Crippen MR) is 89.1 cm³/mol. The first kappa shape index (κ1) is 19.0. The molecule has 3 heteroatoms. The van der Waals surface area contributed by atoms with E-state index in [1.807, 2.05) is 42.5 Å². The Morgan fingerprint density at radius 3 is 2.43 bits per heavy atom. The molecule has 0 saturated heterocycles. The molecule has 0 aliphatic heterocycles. The Bertz CT molecular complexity index is 637. The van der Waals surface area contributed by atoms with Gasteiger partial charge in [0.1, 0.15) is 11.5 Å². The molecule has 118 valence electrons. The van der Waals surface area contributed by atoms with Gasteiger partial charge in [0.15, 0.2) is 0 Å². The van der Waals surface area contributed by atoms with Gasteiger partial charge >= 0.3 is 17.1 Å². The van der Waals surface area contributed by atoms with Gasteiger partial charge < -0.3 is 9.53 Å². The van der Waals surface area contributed by atoms with E-state index in [0.29, 0.717) is 0 Å². The Hall–Kier alpha value is -2.09. The first-order valence-corrected chi connectivity index (χ1v) is 7.14. The Balaban J connectivity index is 0.000000377. The molecule has 2 aliphatic rings. The van der Waals surface area contributed by atoms with Crippen LogP contribution in [0.3, 0.4) is 0 Å². The van der Waals surface area contributed by atoms with Crippen molar-refractivity contribution in [1.29, 1.82) is 0 Å². The third kappa shape index (κ3) is 6.68. The van der Waals surface area contributed by atoms with E-state index in [1.54, 1.807) is 25.3 Å². The number of hydrogen-bond acceptors (Lipinski definition) is 2. The molecule has 3 rings (SSSR count). The molecule has 1 aromatic rings. The molecule has 0 N–H and O–H groups in total. The number of carbonyl (C=O) groups is 1. The summed E-state index contributed by atoms with van der Waals surface area (Å²) in [5, 5.41) is 0. The van der Waals surface area contributed by atoms with Crippen molar-refractivity contribution in [1.82, 2.24) is 0 Å². The topological polar surface area (TPSA) is 26.3 Å². The van der Waals surface area contributed by atoms with Crippen molar-refractivity contribution < 1.29 is 26.6 Å². The third-order valence-corrected chi connectivity index (χ3v) is 3.11. The van der Waals surface area contributed by atoms with Gasteiger partial charge in [-0.15, -0.1) is 18.4 Å². The van der Waals surface area contributed by atoms with Gasteiger partial charge in [-0.2, -0.15) is 12.2 Å². The second-order valence-electron chi connectivity index (χ2n) is 4.69. The van der Waals surface area contributed by atoms with E-state index in [4.69, 9.17) is 4.74 Å². The largest absolute Gasteiger partial charge is 2.00 e. The van der Waals surface area contributed by atoms with E-state index < -0.39 is 0 Å². The number of methoxy groups -OCH3 is 1. The minimum atomic E-state index is 0. The summed E-state index contributed by atoms with van der Waals surface area (Å²) in [5.41, 5.74) is 1.69. The number of ether oxygens (including phenoxy) is 1. The SMILES string of the molecule is COc1ccc(/C=C/C(=O)C2=CC[C-]=C2)cc1.[C-]1=CC=CC1.[Fe+2]. The average molecular weight is 346 g/mol. The summed E-state index contributed by atoms with van der Waals surface area (Å²) in [7, 11) is 1.63. The number of allylic oxidation sites excluding steroid dienone is 9. The molecule has 1 aromatic carbocycles. The molecular formula is C20H18FeO2. The van der Waals surface area contributed by atoms with Gasteiger partial charge in [-0.1, -0.05) is 18.2 Å². The molecule has 0 spiro atoms. The maximum atomic E-state index is 11.7. The monoisotopic (exact) mass is 346 g/mol. The van der Waals surface area contributed by atoms with Crippen molar-refractivity contribution in [3.63, 3.8) is 0 Å². The summed E-state index contributed by atoms with van der Waals surface area (Å²) >= 11 is 0. The van der Waals surface area contributed by atoms with Crippen LogP contribution in [0.15, 0.2) is 66.3 Å². The molecule has 0 amide bonds. The molecular weight excluding hydrogens is 328 g/mol. The van der Waals surface area contributed by atoms with Crippen LogP contribution in [0.4, 0.5) is 0 Å². The fraction of sp³-hybridized carbons (Fsp3) is 0.150. The Kier molecular flexibility index (Phi) is 8.74. The zero-order chi connectivity index (χ0) is 15.6. The molecule has 2 aliphatic carbocycles. The van der Waals surface area contributed by atoms with E-state index in [0.717, 1.165) is 29.7 Å². The van der Waals surface area contributed by atoms with Crippen molar-refractivity contribution in [2.24, 2.45) is 0 Å².